The molecule has 1 aliphatic carbocycles. The van der Waals surface area contributed by atoms with Gasteiger partial charge in [-0.05, 0) is 30.5 Å². The normalized spacial score (nSPS) is 18.1. The standard InChI is InChI=1S/C20H18ClNO4/c1-12-9-15(12)20(25)26-11-18(23)22-17-8-7-14(21)10-16(17)19(24)13-5-3-2-4-6-13/h2-8,10,12,15H,9,11H2,1H3,(H,22,23)/t12-,15-/m1/s1. The van der Waals surface area contributed by atoms with Gasteiger partial charge < -0.3 is 10.1 Å². The number of hydrogen-bond acceptors (Lipinski definition) is 4. The second kappa shape index (κ2) is 7.70. The molecule has 6 heteroatoms. The van der Waals surface area contributed by atoms with E-state index in [0.717, 1.165) is 6.42 Å². The third kappa shape index (κ3) is 4.29. The number of ether oxygens (including phenoxy) is 1. The SMILES string of the molecule is C[C@@H]1C[C@H]1C(=O)OCC(=O)Nc1ccc(Cl)cc1C(=O)c1ccccc1. The van der Waals surface area contributed by atoms with Crippen molar-refractivity contribution in [2.24, 2.45) is 11.8 Å². The Morgan fingerprint density at radius 1 is 1.15 bits per heavy atom. The Balaban J connectivity index is 1.70. The van der Waals surface area contributed by atoms with Crippen molar-refractivity contribution in [3.63, 3.8) is 0 Å². The lowest BCUT2D eigenvalue weighted by atomic mass is 10.0. The first-order valence-electron chi connectivity index (χ1n) is 8.31. The summed E-state index contributed by atoms with van der Waals surface area (Å²) in [4.78, 5) is 36.5. The van der Waals surface area contributed by atoms with E-state index < -0.39 is 5.91 Å². The third-order valence-electron chi connectivity index (χ3n) is 4.29. The molecular weight excluding hydrogens is 354 g/mol. The van der Waals surface area contributed by atoms with E-state index in [1.807, 2.05) is 13.0 Å². The van der Waals surface area contributed by atoms with Crippen LogP contribution in [0.3, 0.4) is 0 Å². The Hall–Kier alpha value is -2.66. The van der Waals surface area contributed by atoms with Crippen LogP contribution in [0.2, 0.25) is 5.02 Å². The molecule has 1 amide bonds. The fourth-order valence-corrected chi connectivity index (χ4v) is 2.81. The lowest BCUT2D eigenvalue weighted by Crippen LogP contribution is -2.23. The number of ketones is 1. The molecule has 1 aliphatic rings. The van der Waals surface area contributed by atoms with Crippen LogP contribution in [-0.4, -0.2) is 24.3 Å². The van der Waals surface area contributed by atoms with Crippen molar-refractivity contribution in [2.75, 3.05) is 11.9 Å². The van der Waals surface area contributed by atoms with E-state index in [-0.39, 0.29) is 29.8 Å². The highest BCUT2D eigenvalue weighted by molar-refractivity contribution is 6.31. The van der Waals surface area contributed by atoms with Gasteiger partial charge in [0.1, 0.15) is 0 Å². The number of anilines is 1. The van der Waals surface area contributed by atoms with Crippen LogP contribution in [0.15, 0.2) is 48.5 Å². The average Bonchev–Trinajstić information content (AvgIpc) is 3.38. The van der Waals surface area contributed by atoms with E-state index >= 15 is 0 Å². The summed E-state index contributed by atoms with van der Waals surface area (Å²) in [5, 5.41) is 3.00. The Labute approximate surface area is 156 Å². The summed E-state index contributed by atoms with van der Waals surface area (Å²) < 4.78 is 5.02. The van der Waals surface area contributed by atoms with Gasteiger partial charge >= 0.3 is 5.97 Å². The first-order valence-corrected chi connectivity index (χ1v) is 8.69. The molecule has 2 aromatic carbocycles. The lowest BCUT2D eigenvalue weighted by Gasteiger charge is -2.11. The Kier molecular flexibility index (Phi) is 5.38. The number of carbonyl (C=O) groups excluding carboxylic acids is 3. The van der Waals surface area contributed by atoms with Crippen molar-refractivity contribution in [1.29, 1.82) is 0 Å². The monoisotopic (exact) mass is 371 g/mol. The Bertz CT molecular complexity index is 850. The summed E-state index contributed by atoms with van der Waals surface area (Å²) >= 11 is 6.01. The van der Waals surface area contributed by atoms with Crippen molar-refractivity contribution in [3.05, 3.63) is 64.7 Å². The molecule has 3 rings (SSSR count). The molecule has 0 radical (unpaired) electrons. The number of rotatable bonds is 6. The van der Waals surface area contributed by atoms with Gasteiger partial charge in [-0.1, -0.05) is 48.9 Å². The molecule has 0 saturated heterocycles. The number of nitrogens with one attached hydrogen (secondary N) is 1. The summed E-state index contributed by atoms with van der Waals surface area (Å²) in [5.74, 6) is -0.905. The third-order valence-corrected chi connectivity index (χ3v) is 4.53. The highest BCUT2D eigenvalue weighted by atomic mass is 35.5. The van der Waals surface area contributed by atoms with Gasteiger partial charge in [0.15, 0.2) is 12.4 Å². The molecule has 2 aromatic rings. The molecule has 134 valence electrons. The van der Waals surface area contributed by atoms with E-state index in [2.05, 4.69) is 5.32 Å². The zero-order chi connectivity index (χ0) is 18.7. The van der Waals surface area contributed by atoms with Gasteiger partial charge in [0, 0.05) is 16.1 Å². The molecule has 0 unspecified atom stereocenters. The van der Waals surface area contributed by atoms with Crippen molar-refractivity contribution in [1.82, 2.24) is 0 Å². The number of benzene rings is 2. The zero-order valence-corrected chi connectivity index (χ0v) is 15.0. The first-order chi connectivity index (χ1) is 12.5. The van der Waals surface area contributed by atoms with Gasteiger partial charge in [-0.2, -0.15) is 0 Å². The predicted molar refractivity (Wildman–Crippen MR) is 98.2 cm³/mol. The minimum atomic E-state index is -0.504. The van der Waals surface area contributed by atoms with Gasteiger partial charge in [0.2, 0.25) is 0 Å². The summed E-state index contributed by atoms with van der Waals surface area (Å²) in [6, 6.07) is 13.3. The van der Waals surface area contributed by atoms with E-state index in [1.54, 1.807) is 36.4 Å². The summed E-state index contributed by atoms with van der Waals surface area (Å²) in [6.45, 7) is 1.57. The second-order valence-corrected chi connectivity index (χ2v) is 6.80. The number of esters is 1. The average molecular weight is 372 g/mol. The number of carbonyl (C=O) groups is 3. The maximum atomic E-state index is 12.7. The van der Waals surface area contributed by atoms with Gasteiger partial charge in [0.25, 0.3) is 5.91 Å². The summed E-state index contributed by atoms with van der Waals surface area (Å²) in [6.07, 6.45) is 0.799. The van der Waals surface area contributed by atoms with E-state index in [4.69, 9.17) is 16.3 Å². The van der Waals surface area contributed by atoms with E-state index in [0.29, 0.717) is 22.2 Å². The molecular formula is C20H18ClNO4. The van der Waals surface area contributed by atoms with Crippen molar-refractivity contribution in [2.45, 2.75) is 13.3 Å². The van der Waals surface area contributed by atoms with Crippen LogP contribution in [0.1, 0.15) is 29.3 Å². The fourth-order valence-electron chi connectivity index (χ4n) is 2.64. The van der Waals surface area contributed by atoms with Gasteiger partial charge in [0.05, 0.1) is 11.6 Å². The smallest absolute Gasteiger partial charge is 0.309 e. The molecule has 5 nitrogen and oxygen atoms in total. The molecule has 1 fully saturated rings. The molecule has 0 bridgehead atoms. The summed E-state index contributed by atoms with van der Waals surface area (Å²) in [5.41, 5.74) is 1.09. The van der Waals surface area contributed by atoms with Crippen LogP contribution in [0.4, 0.5) is 5.69 Å². The van der Waals surface area contributed by atoms with Crippen LogP contribution in [-0.2, 0) is 14.3 Å². The summed E-state index contributed by atoms with van der Waals surface area (Å²) in [7, 11) is 0. The van der Waals surface area contributed by atoms with Crippen LogP contribution >= 0.6 is 11.6 Å². The van der Waals surface area contributed by atoms with E-state index in [1.165, 1.54) is 6.07 Å². The maximum absolute atomic E-state index is 12.7. The Morgan fingerprint density at radius 3 is 2.50 bits per heavy atom. The van der Waals surface area contributed by atoms with Crippen molar-refractivity contribution < 1.29 is 19.1 Å². The van der Waals surface area contributed by atoms with Crippen LogP contribution in [0.5, 0.6) is 0 Å². The van der Waals surface area contributed by atoms with Crippen LogP contribution in [0.25, 0.3) is 0 Å². The largest absolute Gasteiger partial charge is 0.455 e. The second-order valence-electron chi connectivity index (χ2n) is 6.36. The van der Waals surface area contributed by atoms with Crippen LogP contribution in [0, 0.1) is 11.8 Å². The molecule has 26 heavy (non-hydrogen) atoms. The Morgan fingerprint density at radius 2 is 1.85 bits per heavy atom. The minimum absolute atomic E-state index is 0.103. The molecule has 0 aliphatic heterocycles. The maximum Gasteiger partial charge on any atom is 0.309 e. The topological polar surface area (TPSA) is 72.5 Å². The highest BCUT2D eigenvalue weighted by Gasteiger charge is 2.40. The zero-order valence-electron chi connectivity index (χ0n) is 14.2. The quantitative estimate of drug-likeness (QED) is 0.620. The van der Waals surface area contributed by atoms with Gasteiger partial charge in [-0.3, -0.25) is 14.4 Å². The molecule has 0 heterocycles. The number of hydrogen-bond donors (Lipinski definition) is 1. The van der Waals surface area contributed by atoms with Crippen molar-refractivity contribution >= 4 is 34.9 Å². The number of amides is 1. The molecule has 2 atom stereocenters. The van der Waals surface area contributed by atoms with E-state index in [9.17, 15) is 14.4 Å². The van der Waals surface area contributed by atoms with Crippen LogP contribution < -0.4 is 5.32 Å². The van der Waals surface area contributed by atoms with Gasteiger partial charge in [-0.15, -0.1) is 0 Å². The van der Waals surface area contributed by atoms with Gasteiger partial charge in [-0.25, -0.2) is 0 Å². The predicted octanol–water partition coefficient (Wildman–Crippen LogP) is 3.71. The van der Waals surface area contributed by atoms with Crippen molar-refractivity contribution in [3.8, 4) is 0 Å². The molecule has 0 spiro atoms. The molecule has 1 saturated carbocycles. The first kappa shape index (κ1) is 18.1. The lowest BCUT2D eigenvalue weighted by molar-refractivity contribution is -0.148. The molecule has 0 aromatic heterocycles. The highest BCUT2D eigenvalue weighted by Crippen LogP contribution is 2.38. The fraction of sp³-hybridized carbons (Fsp3) is 0.250. The number of halogens is 1. The molecule has 1 N–H and O–H groups in total. The minimum Gasteiger partial charge on any atom is -0.455 e.